The molecule has 0 radical (unpaired) electrons. The molecule has 0 spiro atoms. The second-order valence-electron chi connectivity index (χ2n) is 3.97. The first kappa shape index (κ1) is 11.1. The molecule has 0 heterocycles. The van der Waals surface area contributed by atoms with E-state index in [9.17, 15) is 5.11 Å². The summed E-state index contributed by atoms with van der Waals surface area (Å²) in [6, 6.07) is 8.23. The van der Waals surface area contributed by atoms with Gasteiger partial charge in [0, 0.05) is 12.2 Å². The molecule has 0 saturated carbocycles. The van der Waals surface area contributed by atoms with Gasteiger partial charge in [0.05, 0.1) is 6.10 Å². The van der Waals surface area contributed by atoms with Gasteiger partial charge in [-0.05, 0) is 24.5 Å². The van der Waals surface area contributed by atoms with E-state index in [-0.39, 0.29) is 6.10 Å². The average molecular weight is 193 g/mol. The molecule has 0 aliphatic rings. The first-order valence-corrected chi connectivity index (χ1v) is 5.12. The Hall–Kier alpha value is -1.02. The molecule has 2 nitrogen and oxygen atoms in total. The van der Waals surface area contributed by atoms with Crippen LogP contribution in [0.1, 0.15) is 32.3 Å². The Morgan fingerprint density at radius 1 is 1.21 bits per heavy atom. The zero-order valence-electron chi connectivity index (χ0n) is 9.12. The maximum atomic E-state index is 9.18. The van der Waals surface area contributed by atoms with Gasteiger partial charge in [-0.25, -0.2) is 0 Å². The lowest BCUT2D eigenvalue weighted by atomic mass is 10.0. The molecule has 1 aromatic carbocycles. The summed E-state index contributed by atoms with van der Waals surface area (Å²) in [5, 5.41) is 12.4. The van der Waals surface area contributed by atoms with E-state index in [0.717, 1.165) is 5.69 Å². The van der Waals surface area contributed by atoms with Crippen LogP contribution >= 0.6 is 0 Å². The van der Waals surface area contributed by atoms with Gasteiger partial charge in [0.25, 0.3) is 0 Å². The Labute approximate surface area is 86.0 Å². The lowest BCUT2D eigenvalue weighted by molar-refractivity contribution is 0.208. The SMILES string of the molecule is CC(C)c1ccccc1NC[C@H](C)O. The van der Waals surface area contributed by atoms with Gasteiger partial charge in [0.15, 0.2) is 0 Å². The highest BCUT2D eigenvalue weighted by molar-refractivity contribution is 5.52. The van der Waals surface area contributed by atoms with Crippen molar-refractivity contribution in [2.24, 2.45) is 0 Å². The summed E-state index contributed by atoms with van der Waals surface area (Å²) in [7, 11) is 0. The number of hydrogen-bond acceptors (Lipinski definition) is 2. The predicted molar refractivity (Wildman–Crippen MR) is 60.7 cm³/mol. The van der Waals surface area contributed by atoms with Crippen LogP contribution in [0.3, 0.4) is 0 Å². The summed E-state index contributed by atoms with van der Waals surface area (Å²) < 4.78 is 0. The van der Waals surface area contributed by atoms with Crippen molar-refractivity contribution in [1.82, 2.24) is 0 Å². The summed E-state index contributed by atoms with van der Waals surface area (Å²) in [6.45, 7) is 6.72. The molecule has 0 saturated heterocycles. The Morgan fingerprint density at radius 2 is 1.86 bits per heavy atom. The van der Waals surface area contributed by atoms with E-state index in [4.69, 9.17) is 0 Å². The molecule has 0 fully saturated rings. The molecule has 0 aliphatic heterocycles. The van der Waals surface area contributed by atoms with Crippen LogP contribution in [-0.2, 0) is 0 Å². The number of anilines is 1. The van der Waals surface area contributed by atoms with Gasteiger partial charge in [-0.2, -0.15) is 0 Å². The average Bonchev–Trinajstić information content (AvgIpc) is 2.15. The van der Waals surface area contributed by atoms with Crippen LogP contribution < -0.4 is 5.32 Å². The molecule has 1 atom stereocenters. The van der Waals surface area contributed by atoms with Crippen LogP contribution in [0.15, 0.2) is 24.3 Å². The van der Waals surface area contributed by atoms with Gasteiger partial charge in [0.1, 0.15) is 0 Å². The van der Waals surface area contributed by atoms with Crippen molar-refractivity contribution < 1.29 is 5.11 Å². The van der Waals surface area contributed by atoms with Crippen LogP contribution in [0.25, 0.3) is 0 Å². The van der Waals surface area contributed by atoms with Crippen molar-refractivity contribution in [2.45, 2.75) is 32.8 Å². The lowest BCUT2D eigenvalue weighted by Gasteiger charge is -2.15. The molecule has 1 rings (SSSR count). The van der Waals surface area contributed by atoms with Gasteiger partial charge in [0.2, 0.25) is 0 Å². The molecule has 14 heavy (non-hydrogen) atoms. The number of rotatable bonds is 4. The van der Waals surface area contributed by atoms with E-state index in [2.05, 4.69) is 31.3 Å². The molecule has 0 unspecified atom stereocenters. The second kappa shape index (κ2) is 5.01. The molecule has 2 heteroatoms. The number of hydrogen-bond donors (Lipinski definition) is 2. The minimum Gasteiger partial charge on any atom is -0.392 e. The zero-order valence-corrected chi connectivity index (χ0v) is 9.12. The first-order chi connectivity index (χ1) is 6.61. The summed E-state index contributed by atoms with van der Waals surface area (Å²) >= 11 is 0. The van der Waals surface area contributed by atoms with Crippen molar-refractivity contribution >= 4 is 5.69 Å². The van der Waals surface area contributed by atoms with Crippen molar-refractivity contribution in [3.63, 3.8) is 0 Å². The van der Waals surface area contributed by atoms with E-state index in [1.165, 1.54) is 5.56 Å². The van der Waals surface area contributed by atoms with Gasteiger partial charge in [-0.1, -0.05) is 32.0 Å². The highest BCUT2D eigenvalue weighted by Crippen LogP contribution is 2.23. The van der Waals surface area contributed by atoms with Gasteiger partial charge in [-0.15, -0.1) is 0 Å². The maximum absolute atomic E-state index is 9.18. The number of para-hydroxylation sites is 1. The van der Waals surface area contributed by atoms with Gasteiger partial charge in [-0.3, -0.25) is 0 Å². The van der Waals surface area contributed by atoms with Crippen LogP contribution in [0, 0.1) is 0 Å². The van der Waals surface area contributed by atoms with Gasteiger partial charge >= 0.3 is 0 Å². The summed E-state index contributed by atoms with van der Waals surface area (Å²) in [5.41, 5.74) is 2.43. The van der Waals surface area contributed by atoms with Crippen LogP contribution in [0.5, 0.6) is 0 Å². The Kier molecular flexibility index (Phi) is 3.96. The summed E-state index contributed by atoms with van der Waals surface area (Å²) in [5.74, 6) is 0.507. The predicted octanol–water partition coefficient (Wildman–Crippen LogP) is 2.60. The second-order valence-corrected chi connectivity index (χ2v) is 3.97. The first-order valence-electron chi connectivity index (χ1n) is 5.12. The number of aliphatic hydroxyl groups excluding tert-OH is 1. The Bertz CT molecular complexity index is 281. The molecule has 2 N–H and O–H groups in total. The lowest BCUT2D eigenvalue weighted by Crippen LogP contribution is -2.16. The van der Waals surface area contributed by atoms with Gasteiger partial charge < -0.3 is 10.4 Å². The molecular weight excluding hydrogens is 174 g/mol. The largest absolute Gasteiger partial charge is 0.392 e. The fourth-order valence-electron chi connectivity index (χ4n) is 1.42. The number of aliphatic hydroxyl groups is 1. The summed E-state index contributed by atoms with van der Waals surface area (Å²) in [4.78, 5) is 0. The van der Waals surface area contributed by atoms with Crippen molar-refractivity contribution in [3.05, 3.63) is 29.8 Å². The molecule has 1 aromatic rings. The third-order valence-electron chi connectivity index (χ3n) is 2.17. The van der Waals surface area contributed by atoms with Crippen LogP contribution in [-0.4, -0.2) is 17.8 Å². The van der Waals surface area contributed by atoms with Crippen molar-refractivity contribution in [2.75, 3.05) is 11.9 Å². The maximum Gasteiger partial charge on any atom is 0.0684 e. The van der Waals surface area contributed by atoms with E-state index >= 15 is 0 Å². The standard InChI is InChI=1S/C12H19NO/c1-9(2)11-6-4-5-7-12(11)13-8-10(3)14/h4-7,9-10,13-14H,8H2,1-3H3/t10-/m0/s1. The fraction of sp³-hybridized carbons (Fsp3) is 0.500. The quantitative estimate of drug-likeness (QED) is 0.770. The highest BCUT2D eigenvalue weighted by atomic mass is 16.3. The molecular formula is C12H19NO. The Balaban J connectivity index is 2.74. The monoisotopic (exact) mass is 193 g/mol. The fourth-order valence-corrected chi connectivity index (χ4v) is 1.42. The highest BCUT2D eigenvalue weighted by Gasteiger charge is 2.05. The van der Waals surface area contributed by atoms with Crippen molar-refractivity contribution in [3.8, 4) is 0 Å². The van der Waals surface area contributed by atoms with E-state index < -0.39 is 0 Å². The summed E-state index contributed by atoms with van der Waals surface area (Å²) in [6.07, 6.45) is -0.310. The third kappa shape index (κ3) is 3.04. The minimum atomic E-state index is -0.310. The third-order valence-corrected chi connectivity index (χ3v) is 2.17. The topological polar surface area (TPSA) is 32.3 Å². The number of nitrogens with one attached hydrogen (secondary N) is 1. The zero-order chi connectivity index (χ0) is 10.6. The van der Waals surface area contributed by atoms with E-state index in [1.807, 2.05) is 12.1 Å². The normalized spacial score (nSPS) is 12.9. The molecule has 78 valence electrons. The molecule has 0 bridgehead atoms. The molecule has 0 amide bonds. The van der Waals surface area contributed by atoms with E-state index in [1.54, 1.807) is 6.92 Å². The van der Waals surface area contributed by atoms with Crippen LogP contribution in [0.4, 0.5) is 5.69 Å². The number of benzene rings is 1. The Morgan fingerprint density at radius 3 is 2.43 bits per heavy atom. The molecule has 0 aromatic heterocycles. The van der Waals surface area contributed by atoms with E-state index in [0.29, 0.717) is 12.5 Å². The van der Waals surface area contributed by atoms with Crippen LogP contribution in [0.2, 0.25) is 0 Å². The molecule has 0 aliphatic carbocycles. The van der Waals surface area contributed by atoms with Crippen molar-refractivity contribution in [1.29, 1.82) is 0 Å². The smallest absolute Gasteiger partial charge is 0.0684 e. The minimum absolute atomic E-state index is 0.310.